The lowest BCUT2D eigenvalue weighted by atomic mass is 9.95. The molecule has 5 heteroatoms. The van der Waals surface area contributed by atoms with Crippen LogP contribution in [-0.2, 0) is 9.53 Å². The molecule has 98 valence electrons. The number of hydrogen-bond acceptors (Lipinski definition) is 5. The van der Waals surface area contributed by atoms with Crippen LogP contribution in [0.15, 0.2) is 33.7 Å². The minimum Gasteiger partial charge on any atom is -0.480 e. The summed E-state index contributed by atoms with van der Waals surface area (Å²) in [5, 5.41) is 10.7. The minimum atomic E-state index is -0.433. The topological polar surface area (TPSA) is 72.0 Å². The lowest BCUT2D eigenvalue weighted by Gasteiger charge is -2.09. The van der Waals surface area contributed by atoms with Gasteiger partial charge in [-0.05, 0) is 12.5 Å². The lowest BCUT2D eigenvalue weighted by molar-refractivity contribution is -0.142. The number of aromatic hydroxyl groups is 1. The zero-order chi connectivity index (χ0) is 13.4. The molecule has 0 aliphatic carbocycles. The van der Waals surface area contributed by atoms with Crippen molar-refractivity contribution in [2.75, 3.05) is 13.7 Å². The van der Waals surface area contributed by atoms with Crippen molar-refractivity contribution in [1.29, 1.82) is 0 Å². The maximum atomic E-state index is 11.8. The van der Waals surface area contributed by atoms with E-state index < -0.39 is 5.92 Å². The van der Waals surface area contributed by atoms with Crippen molar-refractivity contribution >= 4 is 22.7 Å². The third-order valence-corrected chi connectivity index (χ3v) is 3.35. The molecule has 5 nitrogen and oxygen atoms in total. The molecule has 1 aliphatic rings. The number of nitrogens with zero attached hydrogens (tertiary/aromatic N) is 1. The van der Waals surface area contributed by atoms with Gasteiger partial charge in [-0.25, -0.2) is 0 Å². The normalized spacial score (nSPS) is 18.6. The number of hydrogen-bond donors (Lipinski definition) is 1. The smallest absolute Gasteiger partial charge is 0.314 e. The number of ether oxygens (including phenoxy) is 1. The fraction of sp³-hybridized carbons (Fsp3) is 0.286. The Kier molecular flexibility index (Phi) is 2.74. The summed E-state index contributed by atoms with van der Waals surface area (Å²) in [4.78, 5) is 16.1. The lowest BCUT2D eigenvalue weighted by Crippen LogP contribution is -2.22. The maximum Gasteiger partial charge on any atom is 0.314 e. The van der Waals surface area contributed by atoms with E-state index >= 15 is 0 Å². The largest absolute Gasteiger partial charge is 0.480 e. The van der Waals surface area contributed by atoms with Gasteiger partial charge in [0, 0.05) is 11.9 Å². The van der Waals surface area contributed by atoms with Crippen molar-refractivity contribution in [2.45, 2.75) is 6.42 Å². The van der Waals surface area contributed by atoms with E-state index in [9.17, 15) is 9.90 Å². The molecule has 1 unspecified atom stereocenters. The number of methoxy groups -OCH3 is 1. The molecule has 2 heterocycles. The quantitative estimate of drug-likeness (QED) is 0.838. The molecule has 0 saturated heterocycles. The Bertz CT molecular complexity index is 671. The van der Waals surface area contributed by atoms with Crippen LogP contribution < -0.4 is 0 Å². The molecule has 19 heavy (non-hydrogen) atoms. The van der Waals surface area contributed by atoms with Gasteiger partial charge in [-0.15, -0.1) is 0 Å². The van der Waals surface area contributed by atoms with Gasteiger partial charge in [-0.1, -0.05) is 18.2 Å². The number of aliphatic imine (C=N–C) groups is 1. The zero-order valence-corrected chi connectivity index (χ0v) is 10.4. The van der Waals surface area contributed by atoms with Crippen LogP contribution in [0.2, 0.25) is 0 Å². The molecule has 0 spiro atoms. The van der Waals surface area contributed by atoms with E-state index in [1.165, 1.54) is 7.11 Å². The van der Waals surface area contributed by atoms with Crippen LogP contribution in [0.5, 0.6) is 5.95 Å². The summed E-state index contributed by atoms with van der Waals surface area (Å²) in [5.41, 5.74) is 1.63. The van der Waals surface area contributed by atoms with Crippen molar-refractivity contribution in [3.8, 4) is 5.95 Å². The summed E-state index contributed by atoms with van der Waals surface area (Å²) in [6.45, 7) is 0.550. The van der Waals surface area contributed by atoms with Crippen LogP contribution in [0, 0.1) is 5.92 Å². The standard InChI is InChI=1S/C14H13NO4/c1-18-13(16)9-6-7-15-12(9)11-8-4-2-3-5-10(8)19-14(11)17/h2-5,9,17H,6-7H2,1H3. The van der Waals surface area contributed by atoms with Gasteiger partial charge in [0.05, 0.1) is 18.4 Å². The van der Waals surface area contributed by atoms with E-state index in [1.807, 2.05) is 18.2 Å². The average Bonchev–Trinajstić information content (AvgIpc) is 3.00. The Morgan fingerprint density at radius 3 is 3.05 bits per heavy atom. The number of benzene rings is 1. The van der Waals surface area contributed by atoms with Crippen LogP contribution in [0.4, 0.5) is 0 Å². The Morgan fingerprint density at radius 1 is 1.47 bits per heavy atom. The van der Waals surface area contributed by atoms with E-state index in [0.29, 0.717) is 29.8 Å². The Balaban J connectivity index is 2.14. The fourth-order valence-electron chi connectivity index (χ4n) is 2.47. The molecule has 0 radical (unpaired) electrons. The van der Waals surface area contributed by atoms with E-state index in [0.717, 1.165) is 5.39 Å². The SMILES string of the molecule is COC(=O)C1CCN=C1c1c(O)oc2ccccc12. The summed E-state index contributed by atoms with van der Waals surface area (Å²) in [6.07, 6.45) is 0.598. The van der Waals surface area contributed by atoms with Crippen LogP contribution in [0.3, 0.4) is 0 Å². The predicted molar refractivity (Wildman–Crippen MR) is 69.4 cm³/mol. The highest BCUT2D eigenvalue weighted by Crippen LogP contribution is 2.35. The molecule has 0 fully saturated rings. The van der Waals surface area contributed by atoms with Crippen LogP contribution in [-0.4, -0.2) is 30.4 Å². The third kappa shape index (κ3) is 1.78. The summed E-state index contributed by atoms with van der Waals surface area (Å²) in [5.74, 6) is -0.964. The second kappa shape index (κ2) is 4.42. The Labute approximate surface area is 109 Å². The monoisotopic (exact) mass is 259 g/mol. The molecule has 1 aromatic heterocycles. The number of carbonyl (C=O) groups is 1. The summed E-state index contributed by atoms with van der Waals surface area (Å²) in [6, 6.07) is 7.27. The van der Waals surface area contributed by atoms with Gasteiger partial charge in [-0.2, -0.15) is 0 Å². The third-order valence-electron chi connectivity index (χ3n) is 3.35. The van der Waals surface area contributed by atoms with E-state index in [-0.39, 0.29) is 11.9 Å². The van der Waals surface area contributed by atoms with Gasteiger partial charge in [0.25, 0.3) is 5.95 Å². The fourth-order valence-corrected chi connectivity index (χ4v) is 2.47. The van der Waals surface area contributed by atoms with Gasteiger partial charge in [-0.3, -0.25) is 9.79 Å². The van der Waals surface area contributed by atoms with Crippen LogP contribution in [0.25, 0.3) is 11.0 Å². The van der Waals surface area contributed by atoms with Crippen molar-refractivity contribution in [3.05, 3.63) is 29.8 Å². The number of furan rings is 1. The molecule has 1 aliphatic heterocycles. The van der Waals surface area contributed by atoms with Crippen LogP contribution in [0.1, 0.15) is 12.0 Å². The first-order chi connectivity index (χ1) is 9.22. The highest BCUT2D eigenvalue weighted by atomic mass is 16.5. The van der Waals surface area contributed by atoms with Gasteiger partial charge in [0.2, 0.25) is 0 Å². The molecule has 0 bridgehead atoms. The molecule has 0 saturated carbocycles. The molecule has 2 aromatic rings. The number of carbonyl (C=O) groups excluding carboxylic acids is 1. The highest BCUT2D eigenvalue weighted by Gasteiger charge is 2.34. The maximum absolute atomic E-state index is 11.8. The molecule has 1 N–H and O–H groups in total. The van der Waals surface area contributed by atoms with Crippen molar-refractivity contribution in [3.63, 3.8) is 0 Å². The first kappa shape index (κ1) is 11.8. The van der Waals surface area contributed by atoms with Crippen molar-refractivity contribution in [1.82, 2.24) is 0 Å². The van der Waals surface area contributed by atoms with E-state index in [4.69, 9.17) is 9.15 Å². The summed E-state index contributed by atoms with van der Waals surface area (Å²) in [7, 11) is 1.35. The molecular weight excluding hydrogens is 246 g/mol. The van der Waals surface area contributed by atoms with Gasteiger partial charge in [0.15, 0.2) is 0 Å². The molecule has 0 amide bonds. The van der Waals surface area contributed by atoms with Gasteiger partial charge < -0.3 is 14.3 Å². The van der Waals surface area contributed by atoms with E-state index in [2.05, 4.69) is 4.99 Å². The number of para-hydroxylation sites is 1. The molecule has 1 aromatic carbocycles. The molecule has 1 atom stereocenters. The van der Waals surface area contributed by atoms with Crippen LogP contribution >= 0.6 is 0 Å². The van der Waals surface area contributed by atoms with Gasteiger partial charge >= 0.3 is 5.97 Å². The number of esters is 1. The second-order valence-corrected chi connectivity index (χ2v) is 4.41. The minimum absolute atomic E-state index is 0.198. The first-order valence-electron chi connectivity index (χ1n) is 6.05. The number of rotatable bonds is 2. The Morgan fingerprint density at radius 2 is 2.26 bits per heavy atom. The summed E-state index contributed by atoms with van der Waals surface area (Å²) >= 11 is 0. The average molecular weight is 259 g/mol. The first-order valence-corrected chi connectivity index (χ1v) is 6.05. The second-order valence-electron chi connectivity index (χ2n) is 4.41. The summed E-state index contributed by atoms with van der Waals surface area (Å²) < 4.78 is 10.1. The van der Waals surface area contributed by atoms with E-state index in [1.54, 1.807) is 6.07 Å². The molecule has 3 rings (SSSR count). The van der Waals surface area contributed by atoms with Crippen molar-refractivity contribution < 1.29 is 19.1 Å². The van der Waals surface area contributed by atoms with Crippen molar-refractivity contribution in [2.24, 2.45) is 10.9 Å². The number of fused-ring (bicyclic) bond motifs is 1. The Hall–Kier alpha value is -2.30. The van der Waals surface area contributed by atoms with Gasteiger partial charge in [0.1, 0.15) is 11.5 Å². The highest BCUT2D eigenvalue weighted by molar-refractivity contribution is 6.19. The molecular formula is C14H13NO4. The predicted octanol–water partition coefficient (Wildman–Crippen LogP) is 2.12. The zero-order valence-electron chi connectivity index (χ0n) is 10.4.